The van der Waals surface area contributed by atoms with Crippen molar-refractivity contribution in [3.8, 4) is 5.75 Å². The van der Waals surface area contributed by atoms with E-state index in [0.29, 0.717) is 5.56 Å². The number of carboxylic acids is 1. The molecule has 0 aliphatic carbocycles. The van der Waals surface area contributed by atoms with E-state index in [2.05, 4.69) is 0 Å². The number of carboxylic acid groups (broad SMARTS) is 1. The van der Waals surface area contributed by atoms with Crippen LogP contribution < -0.4 is 4.74 Å². The Morgan fingerprint density at radius 3 is 2.33 bits per heavy atom. The molecule has 0 aliphatic heterocycles. The minimum absolute atomic E-state index is 0.626. The number of carbonyl (C=O) groups is 1. The highest BCUT2D eigenvalue weighted by Gasteiger charge is 2.21. The van der Waals surface area contributed by atoms with E-state index in [1.165, 1.54) is 7.11 Å². The number of hydrogen-bond donors (Lipinski definition) is 1. The molecule has 2 aromatic carbocycles. The molecule has 0 aromatic heterocycles. The quantitative estimate of drug-likeness (QED) is 0.901. The fraction of sp³-hybridized carbons (Fsp3) is 0.214. The molecule has 4 nitrogen and oxygen atoms in total. The van der Waals surface area contributed by atoms with Crippen LogP contribution in [0.2, 0.25) is 0 Å². The van der Waals surface area contributed by atoms with Crippen molar-refractivity contribution in [2.24, 2.45) is 0 Å². The lowest BCUT2D eigenvalue weighted by atomic mass is 9.99. The van der Waals surface area contributed by atoms with E-state index < -0.39 is 12.1 Å². The van der Waals surface area contributed by atoms with E-state index in [1.54, 1.807) is 19.2 Å². The maximum atomic E-state index is 11.2. The number of aliphatic carboxylic acids is 1. The Balaban J connectivity index is 2.69. The third-order valence-corrected chi connectivity index (χ3v) is 2.88. The molecule has 2 aromatic rings. The molecule has 0 heterocycles. The normalized spacial score (nSPS) is 12.3. The van der Waals surface area contributed by atoms with Gasteiger partial charge in [-0.05, 0) is 11.5 Å². The van der Waals surface area contributed by atoms with Gasteiger partial charge in [0.05, 0.1) is 7.11 Å². The number of fused-ring (bicyclic) bond motifs is 1. The highest BCUT2D eigenvalue weighted by molar-refractivity contribution is 5.94. The molecular formula is C14H14O4. The fourth-order valence-corrected chi connectivity index (χ4v) is 2.06. The molecule has 0 fully saturated rings. The third kappa shape index (κ3) is 2.02. The van der Waals surface area contributed by atoms with E-state index >= 15 is 0 Å². The van der Waals surface area contributed by atoms with Gasteiger partial charge in [0.25, 0.3) is 0 Å². The van der Waals surface area contributed by atoms with Crippen molar-refractivity contribution in [3.63, 3.8) is 0 Å². The molecule has 1 unspecified atom stereocenters. The van der Waals surface area contributed by atoms with Crippen LogP contribution in [0.5, 0.6) is 5.75 Å². The Morgan fingerprint density at radius 2 is 1.78 bits per heavy atom. The summed E-state index contributed by atoms with van der Waals surface area (Å²) in [4.78, 5) is 11.2. The topological polar surface area (TPSA) is 55.8 Å². The lowest BCUT2D eigenvalue weighted by molar-refractivity contribution is -0.148. The monoisotopic (exact) mass is 246 g/mol. The molecule has 0 saturated carbocycles. The maximum Gasteiger partial charge on any atom is 0.337 e. The second kappa shape index (κ2) is 5.06. The molecule has 0 radical (unpaired) electrons. The zero-order valence-corrected chi connectivity index (χ0v) is 10.2. The predicted molar refractivity (Wildman–Crippen MR) is 67.9 cm³/mol. The number of hydrogen-bond acceptors (Lipinski definition) is 3. The average molecular weight is 246 g/mol. The standard InChI is InChI=1S/C14H14O4/c1-17-12-8-7-11(13(18-2)14(15)16)9-5-3-4-6-10(9)12/h3-8,13H,1-2H3,(H,15,16). The molecule has 1 atom stereocenters. The van der Waals surface area contributed by atoms with Crippen LogP contribution in [0.1, 0.15) is 11.7 Å². The van der Waals surface area contributed by atoms with Gasteiger partial charge in [-0.25, -0.2) is 4.79 Å². The first-order valence-electron chi connectivity index (χ1n) is 5.50. The Hall–Kier alpha value is -2.07. The summed E-state index contributed by atoms with van der Waals surface area (Å²) in [6.07, 6.45) is -0.971. The Labute approximate surface area is 105 Å². The van der Waals surface area contributed by atoms with Crippen molar-refractivity contribution >= 4 is 16.7 Å². The largest absolute Gasteiger partial charge is 0.496 e. The van der Waals surface area contributed by atoms with Gasteiger partial charge in [0, 0.05) is 18.1 Å². The average Bonchev–Trinajstić information content (AvgIpc) is 2.39. The summed E-state index contributed by atoms with van der Waals surface area (Å²) in [5.41, 5.74) is 0.626. The van der Waals surface area contributed by atoms with Crippen LogP contribution in [0.25, 0.3) is 10.8 Å². The van der Waals surface area contributed by atoms with Crippen LogP contribution in [0.15, 0.2) is 36.4 Å². The number of rotatable bonds is 4. The minimum atomic E-state index is -1.01. The smallest absolute Gasteiger partial charge is 0.337 e. The zero-order valence-electron chi connectivity index (χ0n) is 10.2. The van der Waals surface area contributed by atoms with Crippen molar-refractivity contribution in [2.75, 3.05) is 14.2 Å². The summed E-state index contributed by atoms with van der Waals surface area (Å²) in [6.45, 7) is 0. The van der Waals surface area contributed by atoms with Crippen LogP contribution >= 0.6 is 0 Å². The third-order valence-electron chi connectivity index (χ3n) is 2.88. The summed E-state index contributed by atoms with van der Waals surface area (Å²) in [6, 6.07) is 11.0. The van der Waals surface area contributed by atoms with Gasteiger partial charge in [-0.2, -0.15) is 0 Å². The SMILES string of the molecule is COc1ccc(C(OC)C(=O)O)c2ccccc12. The first-order chi connectivity index (χ1) is 8.69. The van der Waals surface area contributed by atoms with Gasteiger partial charge in [0.1, 0.15) is 5.75 Å². The highest BCUT2D eigenvalue weighted by atomic mass is 16.5. The summed E-state index contributed by atoms with van der Waals surface area (Å²) >= 11 is 0. The Morgan fingerprint density at radius 1 is 1.11 bits per heavy atom. The van der Waals surface area contributed by atoms with Gasteiger partial charge in [-0.15, -0.1) is 0 Å². The van der Waals surface area contributed by atoms with Crippen molar-refractivity contribution in [3.05, 3.63) is 42.0 Å². The molecular weight excluding hydrogens is 232 g/mol. The summed E-state index contributed by atoms with van der Waals surface area (Å²) < 4.78 is 10.3. The van der Waals surface area contributed by atoms with Gasteiger partial charge < -0.3 is 14.6 Å². The van der Waals surface area contributed by atoms with Crippen LogP contribution in [0.4, 0.5) is 0 Å². The molecule has 0 spiro atoms. The van der Waals surface area contributed by atoms with Crippen molar-refractivity contribution in [1.29, 1.82) is 0 Å². The number of benzene rings is 2. The molecule has 2 rings (SSSR count). The summed E-state index contributed by atoms with van der Waals surface area (Å²) in [5, 5.41) is 10.9. The molecule has 0 amide bonds. The second-order valence-corrected chi connectivity index (χ2v) is 3.86. The van der Waals surface area contributed by atoms with E-state index in [9.17, 15) is 4.79 Å². The molecule has 0 bridgehead atoms. The van der Waals surface area contributed by atoms with E-state index in [-0.39, 0.29) is 0 Å². The van der Waals surface area contributed by atoms with Gasteiger partial charge >= 0.3 is 5.97 Å². The molecule has 4 heteroatoms. The maximum absolute atomic E-state index is 11.2. The highest BCUT2D eigenvalue weighted by Crippen LogP contribution is 2.32. The fourth-order valence-electron chi connectivity index (χ4n) is 2.06. The van der Waals surface area contributed by atoms with Crippen molar-refractivity contribution in [1.82, 2.24) is 0 Å². The lowest BCUT2D eigenvalue weighted by Gasteiger charge is -2.15. The first kappa shape index (κ1) is 12.4. The van der Waals surface area contributed by atoms with Crippen LogP contribution in [0, 0.1) is 0 Å². The summed E-state index contributed by atoms with van der Waals surface area (Å²) in [5.74, 6) is -0.289. The van der Waals surface area contributed by atoms with Gasteiger partial charge in [0.15, 0.2) is 6.10 Å². The zero-order chi connectivity index (χ0) is 13.1. The Kier molecular flexibility index (Phi) is 3.48. The van der Waals surface area contributed by atoms with Gasteiger partial charge in [-0.3, -0.25) is 0 Å². The second-order valence-electron chi connectivity index (χ2n) is 3.86. The van der Waals surface area contributed by atoms with E-state index in [4.69, 9.17) is 14.6 Å². The van der Waals surface area contributed by atoms with Crippen LogP contribution in [0.3, 0.4) is 0 Å². The Bertz CT molecular complexity index is 577. The molecule has 0 saturated heterocycles. The van der Waals surface area contributed by atoms with Crippen molar-refractivity contribution in [2.45, 2.75) is 6.10 Å². The summed E-state index contributed by atoms with van der Waals surface area (Å²) in [7, 11) is 2.98. The number of ether oxygens (including phenoxy) is 2. The molecule has 18 heavy (non-hydrogen) atoms. The number of methoxy groups -OCH3 is 2. The van der Waals surface area contributed by atoms with Gasteiger partial charge in [0.2, 0.25) is 0 Å². The minimum Gasteiger partial charge on any atom is -0.496 e. The van der Waals surface area contributed by atoms with Crippen LogP contribution in [-0.4, -0.2) is 25.3 Å². The molecule has 0 aliphatic rings. The lowest BCUT2D eigenvalue weighted by Crippen LogP contribution is -2.13. The van der Waals surface area contributed by atoms with Gasteiger partial charge in [-0.1, -0.05) is 30.3 Å². The van der Waals surface area contributed by atoms with Crippen molar-refractivity contribution < 1.29 is 19.4 Å². The predicted octanol–water partition coefficient (Wildman–Crippen LogP) is 2.62. The first-order valence-corrected chi connectivity index (χ1v) is 5.50. The molecule has 1 N–H and O–H groups in total. The van der Waals surface area contributed by atoms with E-state index in [0.717, 1.165) is 16.5 Å². The molecule has 94 valence electrons. The van der Waals surface area contributed by atoms with E-state index in [1.807, 2.05) is 24.3 Å². The van der Waals surface area contributed by atoms with Crippen LogP contribution in [-0.2, 0) is 9.53 Å².